The summed E-state index contributed by atoms with van der Waals surface area (Å²) in [5.74, 6) is 2.48. The first kappa shape index (κ1) is 11.4. The standard InChI is InChI=1S/C14H17N3O/c1-10-8-15-9-12(10)14-16-13(17-18-14)7-11-5-3-2-4-6-11/h2-6,10,12,15H,7-9H2,1H3. The molecule has 0 saturated carbocycles. The first-order chi connectivity index (χ1) is 8.83. The monoisotopic (exact) mass is 243 g/mol. The average Bonchev–Trinajstić information content (AvgIpc) is 2.99. The average molecular weight is 243 g/mol. The van der Waals surface area contributed by atoms with Crippen molar-refractivity contribution in [1.82, 2.24) is 15.5 Å². The maximum absolute atomic E-state index is 5.39. The Bertz CT molecular complexity index is 509. The smallest absolute Gasteiger partial charge is 0.231 e. The molecule has 1 aliphatic rings. The highest BCUT2D eigenvalue weighted by Crippen LogP contribution is 2.26. The van der Waals surface area contributed by atoms with Crippen LogP contribution in [0, 0.1) is 5.92 Å². The molecule has 0 spiro atoms. The molecule has 4 nitrogen and oxygen atoms in total. The third-order valence-corrected chi connectivity index (χ3v) is 3.52. The minimum atomic E-state index is 0.363. The van der Waals surface area contributed by atoms with E-state index in [-0.39, 0.29) is 0 Å². The topological polar surface area (TPSA) is 51.0 Å². The van der Waals surface area contributed by atoms with Gasteiger partial charge in [-0.15, -0.1) is 0 Å². The highest BCUT2D eigenvalue weighted by Gasteiger charge is 2.29. The largest absolute Gasteiger partial charge is 0.339 e. The summed E-state index contributed by atoms with van der Waals surface area (Å²) in [6.07, 6.45) is 0.735. The van der Waals surface area contributed by atoms with Crippen LogP contribution in [0.25, 0.3) is 0 Å². The molecule has 2 atom stereocenters. The molecule has 2 heterocycles. The maximum Gasteiger partial charge on any atom is 0.231 e. The van der Waals surface area contributed by atoms with E-state index < -0.39 is 0 Å². The van der Waals surface area contributed by atoms with Gasteiger partial charge in [-0.1, -0.05) is 42.4 Å². The van der Waals surface area contributed by atoms with E-state index in [2.05, 4.69) is 34.5 Å². The SMILES string of the molecule is CC1CNCC1c1nc(Cc2ccccc2)no1. The highest BCUT2D eigenvalue weighted by atomic mass is 16.5. The predicted molar refractivity (Wildman–Crippen MR) is 68.3 cm³/mol. The highest BCUT2D eigenvalue weighted by molar-refractivity contribution is 5.18. The number of benzene rings is 1. The van der Waals surface area contributed by atoms with E-state index in [4.69, 9.17) is 4.52 Å². The van der Waals surface area contributed by atoms with Gasteiger partial charge in [0.05, 0.1) is 5.92 Å². The molecule has 3 rings (SSSR count). The molecule has 0 radical (unpaired) electrons. The Hall–Kier alpha value is -1.68. The molecule has 1 fully saturated rings. The predicted octanol–water partition coefficient (Wildman–Crippen LogP) is 1.98. The fraction of sp³-hybridized carbons (Fsp3) is 0.429. The summed E-state index contributed by atoms with van der Waals surface area (Å²) in [5.41, 5.74) is 1.21. The molecule has 0 amide bonds. The number of hydrogen-bond acceptors (Lipinski definition) is 4. The van der Waals surface area contributed by atoms with E-state index in [0.29, 0.717) is 11.8 Å². The summed E-state index contributed by atoms with van der Waals surface area (Å²) in [6, 6.07) is 10.2. The second-order valence-electron chi connectivity index (χ2n) is 4.95. The molecule has 1 N–H and O–H groups in total. The Morgan fingerprint density at radius 1 is 1.28 bits per heavy atom. The molecule has 0 aliphatic carbocycles. The van der Waals surface area contributed by atoms with Crippen molar-refractivity contribution in [1.29, 1.82) is 0 Å². The number of nitrogens with zero attached hydrogens (tertiary/aromatic N) is 2. The number of rotatable bonds is 3. The molecule has 2 aromatic rings. The van der Waals surface area contributed by atoms with Gasteiger partial charge in [-0.2, -0.15) is 4.98 Å². The lowest BCUT2D eigenvalue weighted by molar-refractivity contribution is 0.337. The zero-order chi connectivity index (χ0) is 12.4. The summed E-state index contributed by atoms with van der Waals surface area (Å²) < 4.78 is 5.39. The van der Waals surface area contributed by atoms with Gasteiger partial charge in [0, 0.05) is 13.0 Å². The van der Waals surface area contributed by atoms with Crippen LogP contribution in [0.15, 0.2) is 34.9 Å². The second kappa shape index (κ2) is 4.90. The summed E-state index contributed by atoms with van der Waals surface area (Å²) in [5, 5.41) is 7.43. The number of hydrogen-bond donors (Lipinski definition) is 1. The third-order valence-electron chi connectivity index (χ3n) is 3.52. The van der Waals surface area contributed by atoms with Crippen LogP contribution >= 0.6 is 0 Å². The zero-order valence-corrected chi connectivity index (χ0v) is 10.5. The first-order valence-electron chi connectivity index (χ1n) is 6.40. The molecule has 1 aliphatic heterocycles. The van der Waals surface area contributed by atoms with Gasteiger partial charge >= 0.3 is 0 Å². The van der Waals surface area contributed by atoms with Crippen molar-refractivity contribution in [3.8, 4) is 0 Å². The van der Waals surface area contributed by atoms with Crippen LogP contribution in [0.4, 0.5) is 0 Å². The number of aromatic nitrogens is 2. The van der Waals surface area contributed by atoms with E-state index in [1.54, 1.807) is 0 Å². The Morgan fingerprint density at radius 3 is 2.83 bits per heavy atom. The molecule has 18 heavy (non-hydrogen) atoms. The second-order valence-corrected chi connectivity index (χ2v) is 4.95. The van der Waals surface area contributed by atoms with E-state index in [0.717, 1.165) is 31.2 Å². The van der Waals surface area contributed by atoms with Crippen molar-refractivity contribution < 1.29 is 4.52 Å². The van der Waals surface area contributed by atoms with Crippen LogP contribution in [-0.4, -0.2) is 23.2 Å². The molecule has 1 aromatic carbocycles. The van der Waals surface area contributed by atoms with Crippen molar-refractivity contribution in [3.63, 3.8) is 0 Å². The summed E-state index contributed by atoms with van der Waals surface area (Å²) in [6.45, 7) is 4.18. The fourth-order valence-corrected chi connectivity index (χ4v) is 2.41. The van der Waals surface area contributed by atoms with Gasteiger partial charge < -0.3 is 9.84 Å². The lowest BCUT2D eigenvalue weighted by atomic mass is 9.98. The van der Waals surface area contributed by atoms with Crippen LogP contribution in [0.5, 0.6) is 0 Å². The maximum atomic E-state index is 5.39. The van der Waals surface area contributed by atoms with Gasteiger partial charge in [-0.3, -0.25) is 0 Å². The fourth-order valence-electron chi connectivity index (χ4n) is 2.41. The van der Waals surface area contributed by atoms with Crippen LogP contribution in [0.1, 0.15) is 30.1 Å². The van der Waals surface area contributed by atoms with Gasteiger partial charge in [0.25, 0.3) is 0 Å². The minimum Gasteiger partial charge on any atom is -0.339 e. The third kappa shape index (κ3) is 2.29. The van der Waals surface area contributed by atoms with E-state index in [1.807, 2.05) is 18.2 Å². The van der Waals surface area contributed by atoms with Crippen LogP contribution in [-0.2, 0) is 6.42 Å². The van der Waals surface area contributed by atoms with Crippen LogP contribution in [0.3, 0.4) is 0 Å². The van der Waals surface area contributed by atoms with Crippen molar-refractivity contribution in [2.24, 2.45) is 5.92 Å². The van der Waals surface area contributed by atoms with Gasteiger partial charge in [-0.25, -0.2) is 0 Å². The molecule has 1 saturated heterocycles. The first-order valence-corrected chi connectivity index (χ1v) is 6.40. The van der Waals surface area contributed by atoms with Gasteiger partial charge in [-0.05, 0) is 18.0 Å². The lowest BCUT2D eigenvalue weighted by Gasteiger charge is -2.07. The molecular formula is C14H17N3O. The minimum absolute atomic E-state index is 0.363. The van der Waals surface area contributed by atoms with Crippen molar-refractivity contribution in [2.75, 3.05) is 13.1 Å². The molecule has 2 unspecified atom stereocenters. The molecule has 0 bridgehead atoms. The van der Waals surface area contributed by atoms with Crippen LogP contribution in [0.2, 0.25) is 0 Å². The van der Waals surface area contributed by atoms with Gasteiger partial charge in [0.15, 0.2) is 5.82 Å². The molecule has 4 heteroatoms. The number of nitrogens with one attached hydrogen (secondary N) is 1. The van der Waals surface area contributed by atoms with Crippen molar-refractivity contribution >= 4 is 0 Å². The van der Waals surface area contributed by atoms with Gasteiger partial charge in [0.2, 0.25) is 5.89 Å². The van der Waals surface area contributed by atoms with Gasteiger partial charge in [0.1, 0.15) is 0 Å². The lowest BCUT2D eigenvalue weighted by Crippen LogP contribution is -2.08. The zero-order valence-electron chi connectivity index (χ0n) is 10.5. The summed E-state index contributed by atoms with van der Waals surface area (Å²) in [4.78, 5) is 4.52. The van der Waals surface area contributed by atoms with Crippen molar-refractivity contribution in [3.05, 3.63) is 47.6 Å². The van der Waals surface area contributed by atoms with E-state index in [1.165, 1.54) is 5.56 Å². The Balaban J connectivity index is 1.74. The molecular weight excluding hydrogens is 226 g/mol. The normalized spacial score (nSPS) is 23.4. The van der Waals surface area contributed by atoms with Crippen molar-refractivity contribution in [2.45, 2.75) is 19.3 Å². The van der Waals surface area contributed by atoms with E-state index in [9.17, 15) is 0 Å². The molecule has 94 valence electrons. The van der Waals surface area contributed by atoms with E-state index >= 15 is 0 Å². The molecule has 1 aromatic heterocycles. The van der Waals surface area contributed by atoms with Crippen LogP contribution < -0.4 is 5.32 Å². The Labute approximate surface area is 106 Å². The Kier molecular flexibility index (Phi) is 3.11. The summed E-state index contributed by atoms with van der Waals surface area (Å²) >= 11 is 0. The summed E-state index contributed by atoms with van der Waals surface area (Å²) in [7, 11) is 0. The quantitative estimate of drug-likeness (QED) is 0.895. The Morgan fingerprint density at radius 2 is 2.11 bits per heavy atom.